The highest BCUT2D eigenvalue weighted by Crippen LogP contribution is 2.30. The number of hydrogen-bond donors (Lipinski definition) is 0. The van der Waals surface area contributed by atoms with E-state index < -0.39 is 0 Å². The summed E-state index contributed by atoms with van der Waals surface area (Å²) in [5.74, 6) is 1.05. The number of morpholine rings is 1. The van der Waals surface area contributed by atoms with Crippen LogP contribution < -0.4 is 0 Å². The van der Waals surface area contributed by atoms with Crippen LogP contribution >= 0.6 is 11.8 Å². The normalized spacial score (nSPS) is 19.8. The summed E-state index contributed by atoms with van der Waals surface area (Å²) in [6.45, 7) is 7.83. The number of thioether (sulfide) groups is 1. The van der Waals surface area contributed by atoms with Gasteiger partial charge in [0, 0.05) is 31.6 Å². The lowest BCUT2D eigenvalue weighted by Gasteiger charge is -2.26. The lowest BCUT2D eigenvalue weighted by molar-refractivity contribution is -0.130. The highest BCUT2D eigenvalue weighted by atomic mass is 32.2. The molecular formula is C22H30N4O2S. The number of fused-ring (bicyclic) bond motifs is 1. The van der Waals surface area contributed by atoms with Crippen LogP contribution in [0.4, 0.5) is 0 Å². The van der Waals surface area contributed by atoms with E-state index in [-0.39, 0.29) is 11.2 Å². The molecule has 2 fully saturated rings. The van der Waals surface area contributed by atoms with Crippen LogP contribution in [0.15, 0.2) is 29.3 Å². The number of likely N-dealkylation sites (tertiary alicyclic amines) is 1. The van der Waals surface area contributed by atoms with Crippen molar-refractivity contribution in [2.45, 2.75) is 49.4 Å². The molecule has 29 heavy (non-hydrogen) atoms. The molecule has 6 nitrogen and oxygen atoms in total. The zero-order chi connectivity index (χ0) is 20.1. The van der Waals surface area contributed by atoms with E-state index in [0.717, 1.165) is 80.5 Å². The first-order chi connectivity index (χ1) is 14.2. The minimum absolute atomic E-state index is 0.150. The van der Waals surface area contributed by atoms with Crippen LogP contribution in [0, 0.1) is 0 Å². The highest BCUT2D eigenvalue weighted by Gasteiger charge is 2.24. The molecule has 2 saturated heterocycles. The average Bonchev–Trinajstić information content (AvgIpc) is 3.03. The Morgan fingerprint density at radius 3 is 2.55 bits per heavy atom. The minimum Gasteiger partial charge on any atom is -0.379 e. The van der Waals surface area contributed by atoms with Crippen molar-refractivity contribution in [3.8, 4) is 0 Å². The Morgan fingerprint density at radius 2 is 1.79 bits per heavy atom. The maximum atomic E-state index is 13.0. The third-order valence-corrected chi connectivity index (χ3v) is 6.73. The fraction of sp³-hybridized carbons (Fsp3) is 0.591. The molecular weight excluding hydrogens is 384 g/mol. The Balaban J connectivity index is 1.53. The van der Waals surface area contributed by atoms with Gasteiger partial charge in [0.15, 0.2) is 0 Å². The van der Waals surface area contributed by atoms with Gasteiger partial charge in [-0.3, -0.25) is 9.69 Å². The van der Waals surface area contributed by atoms with Crippen molar-refractivity contribution in [3.63, 3.8) is 0 Å². The summed E-state index contributed by atoms with van der Waals surface area (Å²) in [5.41, 5.74) is 0.947. The second-order valence-electron chi connectivity index (χ2n) is 7.85. The van der Waals surface area contributed by atoms with Crippen LogP contribution in [0.1, 0.15) is 38.4 Å². The summed E-state index contributed by atoms with van der Waals surface area (Å²) >= 11 is 1.57. The molecule has 3 heterocycles. The van der Waals surface area contributed by atoms with Crippen LogP contribution in [0.5, 0.6) is 0 Å². The molecule has 0 radical (unpaired) electrons. The third-order valence-electron chi connectivity index (χ3n) is 5.64. The van der Waals surface area contributed by atoms with E-state index in [1.165, 1.54) is 12.8 Å². The fourth-order valence-corrected chi connectivity index (χ4v) is 5.02. The molecule has 0 aliphatic carbocycles. The van der Waals surface area contributed by atoms with E-state index in [9.17, 15) is 4.79 Å². The highest BCUT2D eigenvalue weighted by molar-refractivity contribution is 8.00. The second-order valence-corrected chi connectivity index (χ2v) is 9.18. The van der Waals surface area contributed by atoms with Crippen molar-refractivity contribution in [1.29, 1.82) is 0 Å². The molecule has 156 valence electrons. The van der Waals surface area contributed by atoms with E-state index in [2.05, 4.69) is 11.0 Å². The predicted octanol–water partition coefficient (Wildman–Crippen LogP) is 3.35. The largest absolute Gasteiger partial charge is 0.379 e. The zero-order valence-electron chi connectivity index (χ0n) is 17.2. The van der Waals surface area contributed by atoms with Gasteiger partial charge in [0.05, 0.1) is 30.5 Å². The van der Waals surface area contributed by atoms with E-state index in [1.54, 1.807) is 11.8 Å². The number of aromatic nitrogens is 2. The standard InChI is InChI=1S/C22H30N4O2S/c1-17(22(27)26-10-6-2-3-7-11-26)29-21-18-8-4-5-9-19(18)23-20(24-21)16-25-12-14-28-15-13-25/h4-5,8-9,17H,2-3,6-7,10-16H2,1H3/t17-/m0/s1. The molecule has 0 bridgehead atoms. The number of carbonyl (C=O) groups is 1. The molecule has 0 unspecified atom stereocenters. The molecule has 1 amide bonds. The Hall–Kier alpha value is -1.70. The molecule has 0 saturated carbocycles. The van der Waals surface area contributed by atoms with Gasteiger partial charge in [0.2, 0.25) is 5.91 Å². The smallest absolute Gasteiger partial charge is 0.235 e. The lowest BCUT2D eigenvalue weighted by Crippen LogP contribution is -2.37. The van der Waals surface area contributed by atoms with Crippen LogP contribution in [0.25, 0.3) is 10.9 Å². The second kappa shape index (κ2) is 9.87. The average molecular weight is 415 g/mol. The van der Waals surface area contributed by atoms with Crippen molar-refractivity contribution < 1.29 is 9.53 Å². The Labute approximate surface area is 177 Å². The van der Waals surface area contributed by atoms with Crippen LogP contribution in [0.2, 0.25) is 0 Å². The van der Waals surface area contributed by atoms with Gasteiger partial charge in [-0.05, 0) is 25.8 Å². The summed E-state index contributed by atoms with van der Waals surface area (Å²) in [4.78, 5) is 27.1. The number of rotatable bonds is 5. The van der Waals surface area contributed by atoms with Gasteiger partial charge in [-0.1, -0.05) is 42.8 Å². The molecule has 0 N–H and O–H groups in total. The van der Waals surface area contributed by atoms with Crippen LogP contribution in [-0.2, 0) is 16.1 Å². The van der Waals surface area contributed by atoms with Crippen LogP contribution in [0.3, 0.4) is 0 Å². The number of nitrogens with zero attached hydrogens (tertiary/aromatic N) is 4. The molecule has 1 aromatic carbocycles. The molecule has 2 aromatic rings. The van der Waals surface area contributed by atoms with Gasteiger partial charge < -0.3 is 9.64 Å². The van der Waals surface area contributed by atoms with Gasteiger partial charge in [-0.25, -0.2) is 9.97 Å². The first-order valence-electron chi connectivity index (χ1n) is 10.7. The van der Waals surface area contributed by atoms with E-state index >= 15 is 0 Å². The van der Waals surface area contributed by atoms with Gasteiger partial charge in [-0.15, -0.1) is 0 Å². The van der Waals surface area contributed by atoms with Crippen molar-refractivity contribution in [2.75, 3.05) is 39.4 Å². The number of carbonyl (C=O) groups excluding carboxylic acids is 1. The summed E-state index contributed by atoms with van der Waals surface area (Å²) < 4.78 is 5.45. The summed E-state index contributed by atoms with van der Waals surface area (Å²) in [6, 6.07) is 8.11. The molecule has 1 atom stereocenters. The number of amides is 1. The number of ether oxygens (including phenoxy) is 1. The predicted molar refractivity (Wildman–Crippen MR) is 116 cm³/mol. The molecule has 7 heteroatoms. The van der Waals surface area contributed by atoms with Gasteiger partial charge in [0.25, 0.3) is 0 Å². The SMILES string of the molecule is C[C@H](Sc1nc(CN2CCOCC2)nc2ccccc12)C(=O)N1CCCCCC1. The van der Waals surface area contributed by atoms with Crippen molar-refractivity contribution in [2.24, 2.45) is 0 Å². The maximum Gasteiger partial charge on any atom is 0.235 e. The molecule has 2 aliphatic rings. The topological polar surface area (TPSA) is 58.6 Å². The Kier molecular flexibility index (Phi) is 7.00. The first kappa shape index (κ1) is 20.6. The third kappa shape index (κ3) is 5.27. The summed E-state index contributed by atoms with van der Waals surface area (Å²) in [5, 5.41) is 1.79. The number of hydrogen-bond acceptors (Lipinski definition) is 6. The number of benzene rings is 1. The van der Waals surface area contributed by atoms with Crippen molar-refractivity contribution >= 4 is 28.6 Å². The molecule has 1 aromatic heterocycles. The molecule has 4 rings (SSSR count). The Bertz CT molecular complexity index is 833. The first-order valence-corrected chi connectivity index (χ1v) is 11.6. The maximum absolute atomic E-state index is 13.0. The monoisotopic (exact) mass is 414 g/mol. The van der Waals surface area contributed by atoms with Crippen molar-refractivity contribution in [3.05, 3.63) is 30.1 Å². The van der Waals surface area contributed by atoms with Gasteiger partial charge in [0.1, 0.15) is 10.9 Å². The van der Waals surface area contributed by atoms with E-state index in [4.69, 9.17) is 14.7 Å². The lowest BCUT2D eigenvalue weighted by atomic mass is 10.2. The zero-order valence-corrected chi connectivity index (χ0v) is 18.0. The van der Waals surface area contributed by atoms with Crippen molar-refractivity contribution in [1.82, 2.24) is 19.8 Å². The quantitative estimate of drug-likeness (QED) is 0.552. The fourth-order valence-electron chi connectivity index (χ4n) is 3.98. The Morgan fingerprint density at radius 1 is 1.07 bits per heavy atom. The summed E-state index contributed by atoms with van der Waals surface area (Å²) in [6.07, 6.45) is 4.69. The van der Waals surface area contributed by atoms with E-state index in [0.29, 0.717) is 0 Å². The van der Waals surface area contributed by atoms with Crippen LogP contribution in [-0.4, -0.2) is 70.3 Å². The van der Waals surface area contributed by atoms with Gasteiger partial charge >= 0.3 is 0 Å². The number of para-hydroxylation sites is 1. The summed E-state index contributed by atoms with van der Waals surface area (Å²) in [7, 11) is 0. The van der Waals surface area contributed by atoms with Gasteiger partial charge in [-0.2, -0.15) is 0 Å². The minimum atomic E-state index is -0.150. The van der Waals surface area contributed by atoms with E-state index in [1.807, 2.05) is 30.0 Å². The molecule has 0 spiro atoms. The molecule has 2 aliphatic heterocycles.